The molecule has 0 saturated heterocycles. The average molecular weight is 265 g/mol. The molecule has 0 fully saturated rings. The van der Waals surface area contributed by atoms with Gasteiger partial charge in [-0.1, -0.05) is 30.3 Å². The Morgan fingerprint density at radius 3 is 2.74 bits per heavy atom. The van der Waals surface area contributed by atoms with Gasteiger partial charge in [-0.05, 0) is 18.4 Å². The normalized spacial score (nSPS) is 11.8. The van der Waals surface area contributed by atoms with Gasteiger partial charge in [0.2, 0.25) is 6.41 Å². The second-order valence-corrected chi connectivity index (χ2v) is 4.25. The fourth-order valence-electron chi connectivity index (χ4n) is 1.68. The predicted octanol–water partition coefficient (Wildman–Crippen LogP) is 1.43. The molecular weight excluding hydrogens is 246 g/mol. The summed E-state index contributed by atoms with van der Waals surface area (Å²) in [5.74, 6) is -1.39. The molecule has 1 amide bonds. The van der Waals surface area contributed by atoms with Crippen LogP contribution in [0.4, 0.5) is 0 Å². The Balaban J connectivity index is 2.25. The molecule has 0 heterocycles. The maximum atomic E-state index is 11.0. The Kier molecular flexibility index (Phi) is 7.27. The molecule has 0 aliphatic rings. The number of aliphatic carboxylic acids is 1. The number of amides is 1. The van der Waals surface area contributed by atoms with Gasteiger partial charge in [0.05, 0.1) is 19.1 Å². The largest absolute Gasteiger partial charge is 0.481 e. The Morgan fingerprint density at radius 1 is 1.37 bits per heavy atom. The van der Waals surface area contributed by atoms with Crippen LogP contribution < -0.4 is 5.32 Å². The molecule has 0 saturated carbocycles. The molecule has 0 aliphatic heterocycles. The van der Waals surface area contributed by atoms with E-state index in [4.69, 9.17) is 9.84 Å². The number of carbonyl (C=O) groups excluding carboxylic acids is 1. The van der Waals surface area contributed by atoms with E-state index in [1.807, 2.05) is 30.3 Å². The highest BCUT2D eigenvalue weighted by atomic mass is 16.5. The Hall–Kier alpha value is -1.88. The molecule has 1 rings (SSSR count). The number of hydrogen-bond acceptors (Lipinski definition) is 3. The SMILES string of the molecule is O=CNCCCC(COCc1ccccc1)C(=O)O. The van der Waals surface area contributed by atoms with E-state index in [0.717, 1.165) is 5.56 Å². The van der Waals surface area contributed by atoms with Gasteiger partial charge in [-0.2, -0.15) is 0 Å². The summed E-state index contributed by atoms with van der Waals surface area (Å²) in [5.41, 5.74) is 1.02. The summed E-state index contributed by atoms with van der Waals surface area (Å²) >= 11 is 0. The number of ether oxygens (including phenoxy) is 1. The van der Waals surface area contributed by atoms with Crippen molar-refractivity contribution in [2.45, 2.75) is 19.4 Å². The quantitative estimate of drug-likeness (QED) is 0.495. The van der Waals surface area contributed by atoms with Crippen molar-refractivity contribution in [2.75, 3.05) is 13.2 Å². The first kappa shape index (κ1) is 15.2. The van der Waals surface area contributed by atoms with Crippen LogP contribution in [0, 0.1) is 5.92 Å². The van der Waals surface area contributed by atoms with Crippen LogP contribution in [0.25, 0.3) is 0 Å². The number of nitrogens with one attached hydrogen (secondary N) is 1. The van der Waals surface area contributed by atoms with Crippen molar-refractivity contribution in [1.29, 1.82) is 0 Å². The van der Waals surface area contributed by atoms with Crippen LogP contribution in [0.3, 0.4) is 0 Å². The van der Waals surface area contributed by atoms with Crippen LogP contribution in [0.2, 0.25) is 0 Å². The molecule has 0 radical (unpaired) electrons. The number of carbonyl (C=O) groups is 2. The van der Waals surface area contributed by atoms with Crippen molar-refractivity contribution in [2.24, 2.45) is 5.92 Å². The summed E-state index contributed by atoms with van der Waals surface area (Å²) in [5, 5.41) is 11.6. The molecule has 0 aliphatic carbocycles. The zero-order chi connectivity index (χ0) is 13.9. The van der Waals surface area contributed by atoms with Gasteiger partial charge in [0, 0.05) is 6.54 Å². The van der Waals surface area contributed by atoms with E-state index in [9.17, 15) is 9.59 Å². The lowest BCUT2D eigenvalue weighted by atomic mass is 10.0. The van der Waals surface area contributed by atoms with Gasteiger partial charge in [-0.25, -0.2) is 0 Å². The number of benzene rings is 1. The second kappa shape index (κ2) is 9.10. The molecule has 5 heteroatoms. The van der Waals surface area contributed by atoms with Crippen LogP contribution in [0.5, 0.6) is 0 Å². The molecule has 1 aromatic carbocycles. The van der Waals surface area contributed by atoms with Crippen molar-refractivity contribution in [1.82, 2.24) is 5.32 Å². The molecule has 1 unspecified atom stereocenters. The van der Waals surface area contributed by atoms with Crippen molar-refractivity contribution in [3.8, 4) is 0 Å². The summed E-state index contributed by atoms with van der Waals surface area (Å²) in [6.45, 7) is 1.09. The van der Waals surface area contributed by atoms with Gasteiger partial charge in [-0.15, -0.1) is 0 Å². The number of carboxylic acids is 1. The molecular formula is C14H19NO4. The lowest BCUT2D eigenvalue weighted by Crippen LogP contribution is -2.22. The van der Waals surface area contributed by atoms with Gasteiger partial charge in [0.15, 0.2) is 0 Å². The minimum Gasteiger partial charge on any atom is -0.481 e. The highest BCUT2D eigenvalue weighted by Crippen LogP contribution is 2.09. The first-order valence-electron chi connectivity index (χ1n) is 6.25. The van der Waals surface area contributed by atoms with E-state index in [-0.39, 0.29) is 6.61 Å². The van der Waals surface area contributed by atoms with Gasteiger partial charge in [-0.3, -0.25) is 9.59 Å². The summed E-state index contributed by atoms with van der Waals surface area (Å²) in [7, 11) is 0. The van der Waals surface area contributed by atoms with E-state index in [0.29, 0.717) is 32.4 Å². The fraction of sp³-hybridized carbons (Fsp3) is 0.429. The summed E-state index contributed by atoms with van der Waals surface area (Å²) in [6, 6.07) is 9.62. The first-order chi connectivity index (χ1) is 9.24. The van der Waals surface area contributed by atoms with E-state index in [1.165, 1.54) is 0 Å². The maximum Gasteiger partial charge on any atom is 0.308 e. The van der Waals surface area contributed by atoms with Gasteiger partial charge >= 0.3 is 5.97 Å². The minimum atomic E-state index is -0.862. The van der Waals surface area contributed by atoms with Crippen LogP contribution in [-0.4, -0.2) is 30.6 Å². The molecule has 1 aromatic rings. The van der Waals surface area contributed by atoms with E-state index < -0.39 is 11.9 Å². The van der Waals surface area contributed by atoms with Crippen LogP contribution in [0.1, 0.15) is 18.4 Å². The van der Waals surface area contributed by atoms with E-state index in [2.05, 4.69) is 5.32 Å². The van der Waals surface area contributed by atoms with Crippen molar-refractivity contribution >= 4 is 12.4 Å². The molecule has 0 bridgehead atoms. The maximum absolute atomic E-state index is 11.0. The third kappa shape index (κ3) is 6.57. The van der Waals surface area contributed by atoms with Crippen LogP contribution in [-0.2, 0) is 20.9 Å². The third-order valence-electron chi connectivity index (χ3n) is 2.74. The summed E-state index contributed by atoms with van der Waals surface area (Å²) in [4.78, 5) is 21.1. The molecule has 5 nitrogen and oxygen atoms in total. The van der Waals surface area contributed by atoms with E-state index >= 15 is 0 Å². The summed E-state index contributed by atoms with van der Waals surface area (Å²) in [6.07, 6.45) is 1.73. The Labute approximate surface area is 112 Å². The zero-order valence-electron chi connectivity index (χ0n) is 10.7. The fourth-order valence-corrected chi connectivity index (χ4v) is 1.68. The molecule has 1 atom stereocenters. The zero-order valence-corrected chi connectivity index (χ0v) is 10.7. The standard InChI is InChI=1S/C14H19NO4/c16-11-15-8-4-7-13(14(17)18)10-19-9-12-5-2-1-3-6-12/h1-3,5-6,11,13H,4,7-10H2,(H,15,16)(H,17,18). The van der Waals surface area contributed by atoms with Crippen molar-refractivity contribution < 1.29 is 19.4 Å². The predicted molar refractivity (Wildman–Crippen MR) is 70.5 cm³/mol. The number of carboxylic acid groups (broad SMARTS) is 1. The number of hydrogen-bond donors (Lipinski definition) is 2. The van der Waals surface area contributed by atoms with E-state index in [1.54, 1.807) is 0 Å². The summed E-state index contributed by atoms with van der Waals surface area (Å²) < 4.78 is 5.43. The highest BCUT2D eigenvalue weighted by molar-refractivity contribution is 5.70. The third-order valence-corrected chi connectivity index (χ3v) is 2.74. The molecule has 0 spiro atoms. The topological polar surface area (TPSA) is 75.6 Å². The van der Waals surface area contributed by atoms with Gasteiger partial charge in [0.1, 0.15) is 0 Å². The molecule has 104 valence electrons. The number of rotatable bonds is 10. The highest BCUT2D eigenvalue weighted by Gasteiger charge is 2.17. The van der Waals surface area contributed by atoms with Crippen LogP contribution >= 0.6 is 0 Å². The smallest absolute Gasteiger partial charge is 0.308 e. The van der Waals surface area contributed by atoms with Gasteiger partial charge in [0.25, 0.3) is 0 Å². The van der Waals surface area contributed by atoms with Gasteiger partial charge < -0.3 is 15.2 Å². The Bertz CT molecular complexity index is 380. The molecule has 2 N–H and O–H groups in total. The average Bonchev–Trinajstić information content (AvgIpc) is 2.42. The minimum absolute atomic E-state index is 0.186. The molecule has 0 aromatic heterocycles. The Morgan fingerprint density at radius 2 is 2.11 bits per heavy atom. The van der Waals surface area contributed by atoms with Crippen LogP contribution in [0.15, 0.2) is 30.3 Å². The second-order valence-electron chi connectivity index (χ2n) is 4.25. The lowest BCUT2D eigenvalue weighted by Gasteiger charge is -2.12. The first-order valence-corrected chi connectivity index (χ1v) is 6.25. The van der Waals surface area contributed by atoms with Crippen molar-refractivity contribution in [3.63, 3.8) is 0 Å². The molecule has 19 heavy (non-hydrogen) atoms. The lowest BCUT2D eigenvalue weighted by molar-refractivity contribution is -0.144. The van der Waals surface area contributed by atoms with Crippen molar-refractivity contribution in [3.05, 3.63) is 35.9 Å². The monoisotopic (exact) mass is 265 g/mol.